The van der Waals surface area contributed by atoms with E-state index in [1.165, 1.54) is 50.5 Å². The lowest BCUT2D eigenvalue weighted by molar-refractivity contribution is 0.143. The molecule has 1 N–H and O–H groups in total. The fraction of sp³-hybridized carbons (Fsp3) is 0.700. The molecule has 0 aromatic heterocycles. The Labute approximate surface area is 145 Å². The Bertz CT molecular complexity index is 521. The monoisotopic (exact) mass is 333 g/mol. The minimum Gasteiger partial charge on any atom is -0.493 e. The average molecular weight is 333 g/mol. The predicted octanol–water partition coefficient (Wildman–Crippen LogP) is 4.16. The van der Waals surface area contributed by atoms with Crippen LogP contribution in [0, 0.1) is 11.8 Å². The molecule has 3 rings (SSSR count). The summed E-state index contributed by atoms with van der Waals surface area (Å²) < 4.78 is 16.3. The number of nitrogens with one attached hydrogen (secondary N) is 1. The standard InChI is InChI=1S/C20H31NO3/c1-22-18-10-14(11-19(23-2)20(18)24-3)13-21-17-9-8-15-6-4-5-7-16(15)12-17/h10-11,15-17,21H,4-9,12-13H2,1-3H3/t15-,16-,17-/m1/s1. The third-order valence-electron chi connectivity index (χ3n) is 5.86. The van der Waals surface area contributed by atoms with Crippen molar-refractivity contribution < 1.29 is 14.2 Å². The van der Waals surface area contributed by atoms with Gasteiger partial charge in [0.05, 0.1) is 21.3 Å². The van der Waals surface area contributed by atoms with E-state index in [0.29, 0.717) is 11.8 Å². The highest BCUT2D eigenvalue weighted by Gasteiger charge is 2.31. The third-order valence-corrected chi connectivity index (χ3v) is 5.86. The molecule has 0 radical (unpaired) electrons. The Morgan fingerprint density at radius 2 is 1.54 bits per heavy atom. The first-order valence-electron chi connectivity index (χ1n) is 9.27. The molecule has 134 valence electrons. The van der Waals surface area contributed by atoms with Crippen molar-refractivity contribution >= 4 is 0 Å². The van der Waals surface area contributed by atoms with E-state index in [9.17, 15) is 0 Å². The molecule has 4 nitrogen and oxygen atoms in total. The van der Waals surface area contributed by atoms with Crippen molar-refractivity contribution in [2.24, 2.45) is 11.8 Å². The number of rotatable bonds is 6. The first-order chi connectivity index (χ1) is 11.7. The number of hydrogen-bond donors (Lipinski definition) is 1. The van der Waals surface area contributed by atoms with Crippen LogP contribution in [-0.4, -0.2) is 27.4 Å². The molecule has 2 fully saturated rings. The average Bonchev–Trinajstić information content (AvgIpc) is 2.65. The van der Waals surface area contributed by atoms with Gasteiger partial charge >= 0.3 is 0 Å². The molecule has 0 amide bonds. The van der Waals surface area contributed by atoms with Crippen LogP contribution in [0.4, 0.5) is 0 Å². The normalized spacial score (nSPS) is 26.5. The van der Waals surface area contributed by atoms with Gasteiger partial charge in [0.25, 0.3) is 0 Å². The van der Waals surface area contributed by atoms with Crippen molar-refractivity contribution in [2.45, 2.75) is 57.5 Å². The summed E-state index contributed by atoms with van der Waals surface area (Å²) in [5, 5.41) is 3.76. The van der Waals surface area contributed by atoms with Gasteiger partial charge in [-0.05, 0) is 48.8 Å². The van der Waals surface area contributed by atoms with Gasteiger partial charge in [0.15, 0.2) is 11.5 Å². The second-order valence-corrected chi connectivity index (χ2v) is 7.23. The van der Waals surface area contributed by atoms with Crippen molar-refractivity contribution in [3.8, 4) is 17.2 Å². The first kappa shape index (κ1) is 17.4. The van der Waals surface area contributed by atoms with Gasteiger partial charge in [-0.25, -0.2) is 0 Å². The summed E-state index contributed by atoms with van der Waals surface area (Å²) in [6, 6.07) is 4.73. The highest BCUT2D eigenvalue weighted by molar-refractivity contribution is 5.53. The Morgan fingerprint density at radius 3 is 2.17 bits per heavy atom. The number of fused-ring (bicyclic) bond motifs is 1. The van der Waals surface area contributed by atoms with Crippen LogP contribution >= 0.6 is 0 Å². The molecule has 3 atom stereocenters. The van der Waals surface area contributed by atoms with Crippen molar-refractivity contribution in [1.82, 2.24) is 5.32 Å². The zero-order valence-electron chi connectivity index (χ0n) is 15.3. The van der Waals surface area contributed by atoms with Gasteiger partial charge in [-0.15, -0.1) is 0 Å². The van der Waals surface area contributed by atoms with Crippen LogP contribution in [0.3, 0.4) is 0 Å². The van der Waals surface area contributed by atoms with Crippen molar-refractivity contribution in [3.05, 3.63) is 17.7 Å². The lowest BCUT2D eigenvalue weighted by atomic mass is 9.69. The molecule has 0 bridgehead atoms. The molecule has 0 spiro atoms. The van der Waals surface area contributed by atoms with E-state index >= 15 is 0 Å². The number of ether oxygens (including phenoxy) is 3. The van der Waals surface area contributed by atoms with E-state index in [0.717, 1.165) is 29.9 Å². The third kappa shape index (κ3) is 3.80. The fourth-order valence-electron chi connectivity index (χ4n) is 4.56. The zero-order chi connectivity index (χ0) is 16.9. The molecule has 1 aromatic rings. The maximum Gasteiger partial charge on any atom is 0.203 e. The van der Waals surface area contributed by atoms with E-state index in [4.69, 9.17) is 14.2 Å². The lowest BCUT2D eigenvalue weighted by Gasteiger charge is -2.39. The molecular weight excluding hydrogens is 302 g/mol. The van der Waals surface area contributed by atoms with Gasteiger partial charge in [-0.3, -0.25) is 0 Å². The van der Waals surface area contributed by atoms with Crippen molar-refractivity contribution in [3.63, 3.8) is 0 Å². The molecule has 0 saturated heterocycles. The molecular formula is C20H31NO3. The van der Waals surface area contributed by atoms with E-state index in [2.05, 4.69) is 5.32 Å². The zero-order valence-corrected chi connectivity index (χ0v) is 15.3. The Hall–Kier alpha value is -1.42. The highest BCUT2D eigenvalue weighted by Crippen LogP contribution is 2.41. The number of hydrogen-bond acceptors (Lipinski definition) is 4. The Morgan fingerprint density at radius 1 is 0.875 bits per heavy atom. The van der Waals surface area contributed by atoms with Crippen LogP contribution in [-0.2, 0) is 6.54 Å². The van der Waals surface area contributed by atoms with Gasteiger partial charge in [-0.2, -0.15) is 0 Å². The van der Waals surface area contributed by atoms with Crippen molar-refractivity contribution in [1.29, 1.82) is 0 Å². The fourth-order valence-corrected chi connectivity index (χ4v) is 4.56. The summed E-state index contributed by atoms with van der Waals surface area (Å²) in [7, 11) is 4.97. The van der Waals surface area contributed by atoms with E-state index in [1.807, 2.05) is 12.1 Å². The van der Waals surface area contributed by atoms with Crippen molar-refractivity contribution in [2.75, 3.05) is 21.3 Å². The SMILES string of the molecule is COc1cc(CN[C@@H]2CC[C@H]3CCCC[C@@H]3C2)cc(OC)c1OC. The van der Waals surface area contributed by atoms with Crippen LogP contribution in [0.25, 0.3) is 0 Å². The molecule has 1 aromatic carbocycles. The second-order valence-electron chi connectivity index (χ2n) is 7.23. The van der Waals surface area contributed by atoms with Gasteiger partial charge < -0.3 is 19.5 Å². The van der Waals surface area contributed by atoms with Crippen LogP contribution in [0.1, 0.15) is 50.5 Å². The van der Waals surface area contributed by atoms with Gasteiger partial charge in [-0.1, -0.05) is 25.7 Å². The van der Waals surface area contributed by atoms with Crippen LogP contribution in [0.2, 0.25) is 0 Å². The summed E-state index contributed by atoms with van der Waals surface area (Å²) in [6.45, 7) is 0.846. The predicted molar refractivity (Wildman–Crippen MR) is 96.0 cm³/mol. The Kier molecular flexibility index (Phi) is 5.88. The van der Waals surface area contributed by atoms with Crippen LogP contribution in [0.15, 0.2) is 12.1 Å². The van der Waals surface area contributed by atoms with E-state index in [-0.39, 0.29) is 0 Å². The van der Waals surface area contributed by atoms with Crippen LogP contribution in [0.5, 0.6) is 17.2 Å². The summed E-state index contributed by atoms with van der Waals surface area (Å²) in [5.74, 6) is 4.06. The Balaban J connectivity index is 1.62. The minimum absolute atomic E-state index is 0.642. The maximum atomic E-state index is 5.45. The molecule has 2 aliphatic rings. The van der Waals surface area contributed by atoms with E-state index < -0.39 is 0 Å². The van der Waals surface area contributed by atoms with Crippen LogP contribution < -0.4 is 19.5 Å². The molecule has 0 heterocycles. The van der Waals surface area contributed by atoms with Gasteiger partial charge in [0, 0.05) is 12.6 Å². The quantitative estimate of drug-likeness (QED) is 0.848. The first-order valence-corrected chi connectivity index (χ1v) is 9.27. The topological polar surface area (TPSA) is 39.7 Å². The molecule has 4 heteroatoms. The summed E-state index contributed by atoms with van der Waals surface area (Å²) >= 11 is 0. The van der Waals surface area contributed by atoms with Gasteiger partial charge in [0.1, 0.15) is 0 Å². The molecule has 2 saturated carbocycles. The second kappa shape index (κ2) is 8.11. The lowest BCUT2D eigenvalue weighted by Crippen LogP contribution is -2.38. The minimum atomic E-state index is 0.642. The summed E-state index contributed by atoms with van der Waals surface area (Å²) in [6.07, 6.45) is 9.83. The molecule has 24 heavy (non-hydrogen) atoms. The smallest absolute Gasteiger partial charge is 0.203 e. The maximum absolute atomic E-state index is 5.45. The van der Waals surface area contributed by atoms with E-state index in [1.54, 1.807) is 21.3 Å². The van der Waals surface area contributed by atoms with Gasteiger partial charge in [0.2, 0.25) is 5.75 Å². The summed E-state index contributed by atoms with van der Waals surface area (Å²) in [4.78, 5) is 0. The number of benzene rings is 1. The molecule has 0 unspecified atom stereocenters. The molecule has 2 aliphatic carbocycles. The largest absolute Gasteiger partial charge is 0.493 e. The highest BCUT2D eigenvalue weighted by atomic mass is 16.5. The number of methoxy groups -OCH3 is 3. The molecule has 0 aliphatic heterocycles. The summed E-state index contributed by atoms with van der Waals surface area (Å²) in [5.41, 5.74) is 1.18.